The van der Waals surface area contributed by atoms with Crippen molar-refractivity contribution in [3.05, 3.63) is 72.7 Å². The fourth-order valence-corrected chi connectivity index (χ4v) is 2.65. The van der Waals surface area contributed by atoms with E-state index in [1.807, 2.05) is 35.7 Å². The van der Waals surface area contributed by atoms with E-state index in [2.05, 4.69) is 15.0 Å². The predicted octanol–water partition coefficient (Wildman–Crippen LogP) is -0.525. The first kappa shape index (κ1) is 12.0. The van der Waals surface area contributed by atoms with Crippen molar-refractivity contribution in [1.82, 2.24) is 9.97 Å². The van der Waals surface area contributed by atoms with Crippen LogP contribution >= 0.6 is 11.3 Å². The van der Waals surface area contributed by atoms with E-state index in [1.165, 1.54) is 11.3 Å². The Hall–Kier alpha value is -2.73. The molecule has 3 aromatic rings. The molecule has 1 N–H and O–H groups in total. The third-order valence-electron chi connectivity index (χ3n) is 3.11. The van der Waals surface area contributed by atoms with Gasteiger partial charge in [0.1, 0.15) is 11.0 Å². The average molecular weight is 295 g/mol. The smallest absolute Gasteiger partial charge is 0.361 e. The molecule has 102 valence electrons. The van der Waals surface area contributed by atoms with E-state index in [9.17, 15) is 4.79 Å². The summed E-state index contributed by atoms with van der Waals surface area (Å²) >= 11 is 1.47. The molecule has 0 aliphatic carbocycles. The van der Waals surface area contributed by atoms with E-state index in [0.29, 0.717) is 16.6 Å². The first-order valence-corrected chi connectivity index (χ1v) is 7.23. The minimum Gasteiger partial charge on any atom is -0.402 e. The second kappa shape index (κ2) is 4.68. The molecule has 0 saturated carbocycles. The first-order chi connectivity index (χ1) is 10.3. The zero-order valence-corrected chi connectivity index (χ0v) is 11.6. The molecule has 4 rings (SSSR count). The van der Waals surface area contributed by atoms with Gasteiger partial charge >= 0.3 is 5.63 Å². The highest BCUT2D eigenvalue weighted by Crippen LogP contribution is 2.00. The molecule has 2 aromatic heterocycles. The first-order valence-electron chi connectivity index (χ1n) is 6.28. The molecule has 0 fully saturated rings. The Morgan fingerprint density at radius 2 is 2.19 bits per heavy atom. The van der Waals surface area contributed by atoms with Crippen molar-refractivity contribution in [2.24, 2.45) is 4.99 Å². The van der Waals surface area contributed by atoms with Crippen LogP contribution in [0, 0.1) is 0 Å². The number of thiazole rings is 1. The number of aromatic nitrogens is 2. The number of para-hydroxylation sites is 1. The average Bonchev–Trinajstić information content (AvgIpc) is 3.19. The van der Waals surface area contributed by atoms with Gasteiger partial charge in [0, 0.05) is 10.6 Å². The molecular weight excluding hydrogens is 286 g/mol. The van der Waals surface area contributed by atoms with Gasteiger partial charge in [0.05, 0.1) is 16.6 Å². The van der Waals surface area contributed by atoms with Gasteiger partial charge in [0.25, 0.3) is 0 Å². The monoisotopic (exact) mass is 295 g/mol. The summed E-state index contributed by atoms with van der Waals surface area (Å²) in [4.78, 5) is 23.4. The van der Waals surface area contributed by atoms with Crippen molar-refractivity contribution >= 4 is 29.2 Å². The number of fused-ring (bicyclic) bond motifs is 1. The molecule has 1 aliphatic heterocycles. The minimum absolute atomic E-state index is 0.359. The number of benzene rings is 1. The Morgan fingerprint density at radius 1 is 1.29 bits per heavy atom. The second-order valence-electron chi connectivity index (χ2n) is 4.52. The molecule has 6 heteroatoms. The summed E-state index contributed by atoms with van der Waals surface area (Å²) in [6.45, 7) is 0. The number of hydrogen-bond acceptors (Lipinski definition) is 5. The van der Waals surface area contributed by atoms with Crippen molar-refractivity contribution in [3.8, 4) is 0 Å². The Kier molecular flexibility index (Phi) is 2.68. The lowest BCUT2D eigenvalue weighted by Crippen LogP contribution is -2.21. The second-order valence-corrected chi connectivity index (χ2v) is 5.23. The normalized spacial score (nSPS) is 16.5. The van der Waals surface area contributed by atoms with Crippen LogP contribution in [0.2, 0.25) is 0 Å². The lowest BCUT2D eigenvalue weighted by Gasteiger charge is -1.82. The van der Waals surface area contributed by atoms with E-state index in [-0.39, 0.29) is 0 Å². The number of aromatic amines is 1. The summed E-state index contributed by atoms with van der Waals surface area (Å²) in [5, 5.41) is 4.10. The van der Waals surface area contributed by atoms with E-state index in [4.69, 9.17) is 4.42 Å². The lowest BCUT2D eigenvalue weighted by atomic mass is 10.3. The standard InChI is InChI=1S/C15H9N3O2S/c19-15-13(6-10-7-21-8-16-10)18-14(20-15)12-5-9-3-1-2-4-11(9)17-12/h1-8,18H. The van der Waals surface area contributed by atoms with Crippen LogP contribution < -0.4 is 27.1 Å². The fourth-order valence-electron chi connectivity index (χ4n) is 2.14. The Balaban J connectivity index is 1.95. The Morgan fingerprint density at radius 3 is 3.00 bits per heavy atom. The number of nitrogens with zero attached hydrogens (tertiary/aromatic N) is 2. The topological polar surface area (TPSA) is 71.2 Å². The van der Waals surface area contributed by atoms with Crippen LogP contribution in [0.1, 0.15) is 5.69 Å². The van der Waals surface area contributed by atoms with Gasteiger partial charge in [-0.1, -0.05) is 18.2 Å². The molecule has 3 heterocycles. The molecule has 0 atom stereocenters. The van der Waals surface area contributed by atoms with Crippen LogP contribution in [0.15, 0.2) is 49.4 Å². The van der Waals surface area contributed by atoms with Gasteiger partial charge in [-0.2, -0.15) is 0 Å². The third-order valence-corrected chi connectivity index (χ3v) is 3.71. The Labute approximate surface area is 121 Å². The van der Waals surface area contributed by atoms with E-state index in [0.717, 1.165) is 16.3 Å². The van der Waals surface area contributed by atoms with Gasteiger partial charge in [0.15, 0.2) is 0 Å². The molecule has 0 radical (unpaired) electrons. The largest absolute Gasteiger partial charge is 0.402 e. The molecule has 1 aromatic carbocycles. The van der Waals surface area contributed by atoms with Crippen molar-refractivity contribution in [2.45, 2.75) is 0 Å². The van der Waals surface area contributed by atoms with E-state index >= 15 is 0 Å². The van der Waals surface area contributed by atoms with Gasteiger partial charge in [-0.3, -0.25) is 0 Å². The van der Waals surface area contributed by atoms with Crippen molar-refractivity contribution in [1.29, 1.82) is 0 Å². The third kappa shape index (κ3) is 2.15. The van der Waals surface area contributed by atoms with E-state index < -0.39 is 5.63 Å². The highest BCUT2D eigenvalue weighted by Gasteiger charge is 2.05. The number of rotatable bonds is 1. The summed E-state index contributed by atoms with van der Waals surface area (Å²) in [6.07, 6.45) is 3.55. The maximum absolute atomic E-state index is 11.9. The number of oxazole rings is 1. The molecule has 21 heavy (non-hydrogen) atoms. The van der Waals surface area contributed by atoms with Crippen LogP contribution in [0.25, 0.3) is 17.8 Å². The van der Waals surface area contributed by atoms with E-state index in [1.54, 1.807) is 11.6 Å². The maximum Gasteiger partial charge on any atom is 0.361 e. The molecule has 0 amide bonds. The van der Waals surface area contributed by atoms with Gasteiger partial charge in [0.2, 0.25) is 5.55 Å². The maximum atomic E-state index is 11.9. The van der Waals surface area contributed by atoms with Gasteiger partial charge < -0.3 is 9.40 Å². The predicted molar refractivity (Wildman–Crippen MR) is 79.4 cm³/mol. The number of H-pyrrole nitrogens is 1. The van der Waals surface area contributed by atoms with Gasteiger partial charge in [-0.05, 0) is 18.2 Å². The van der Waals surface area contributed by atoms with Crippen LogP contribution in [-0.4, -0.2) is 9.97 Å². The minimum atomic E-state index is -0.426. The zero-order chi connectivity index (χ0) is 14.2. The van der Waals surface area contributed by atoms with Crippen molar-refractivity contribution in [3.63, 3.8) is 0 Å². The fraction of sp³-hybridized carbons (Fsp3) is 0. The summed E-state index contributed by atoms with van der Waals surface area (Å²) in [5.74, 6) is 0. The molecule has 1 aliphatic rings. The van der Waals surface area contributed by atoms with Gasteiger partial charge in [-0.15, -0.1) is 11.3 Å². The number of hydrogen-bond donors (Lipinski definition) is 1. The summed E-state index contributed by atoms with van der Waals surface area (Å²) in [5.41, 5.74) is 2.98. The highest BCUT2D eigenvalue weighted by atomic mass is 32.1. The molecule has 0 unspecified atom stereocenters. The summed E-state index contributed by atoms with van der Waals surface area (Å²) in [7, 11) is 0. The van der Waals surface area contributed by atoms with Crippen molar-refractivity contribution in [2.75, 3.05) is 0 Å². The van der Waals surface area contributed by atoms with Crippen LogP contribution in [0.3, 0.4) is 0 Å². The Bertz CT molecular complexity index is 1070. The molecule has 0 spiro atoms. The highest BCUT2D eigenvalue weighted by molar-refractivity contribution is 7.07. The SMILES string of the molecule is O=c1oc(=C2C=c3ccccc3=N2)[nH]c1=Cc1cscn1. The molecular formula is C15H9N3O2S. The van der Waals surface area contributed by atoms with Crippen LogP contribution in [0.5, 0.6) is 0 Å². The molecule has 0 saturated heterocycles. The van der Waals surface area contributed by atoms with Crippen LogP contribution in [-0.2, 0) is 0 Å². The zero-order valence-electron chi connectivity index (χ0n) is 10.7. The summed E-state index contributed by atoms with van der Waals surface area (Å²) in [6, 6.07) is 7.75. The van der Waals surface area contributed by atoms with Gasteiger partial charge in [-0.25, -0.2) is 14.8 Å². The van der Waals surface area contributed by atoms with Crippen LogP contribution in [0.4, 0.5) is 0 Å². The molecule has 5 nitrogen and oxygen atoms in total. The van der Waals surface area contributed by atoms with Crippen molar-refractivity contribution < 1.29 is 4.42 Å². The lowest BCUT2D eigenvalue weighted by molar-refractivity contribution is 0.484. The quantitative estimate of drug-likeness (QED) is 0.656. The number of nitrogens with one attached hydrogen (secondary N) is 1. The molecule has 0 bridgehead atoms. The summed E-state index contributed by atoms with van der Waals surface area (Å²) < 4.78 is 5.25.